The fourth-order valence-electron chi connectivity index (χ4n) is 5.35. The van der Waals surface area contributed by atoms with Crippen LogP contribution in [0.2, 0.25) is 0 Å². The van der Waals surface area contributed by atoms with Gasteiger partial charge >= 0.3 is 0 Å². The van der Waals surface area contributed by atoms with Crippen molar-refractivity contribution in [2.24, 2.45) is 0 Å². The van der Waals surface area contributed by atoms with Gasteiger partial charge in [0.2, 0.25) is 5.91 Å². The largest absolute Gasteiger partial charge is 0.346 e. The molecule has 0 bridgehead atoms. The lowest BCUT2D eigenvalue weighted by molar-refractivity contribution is -0.129. The van der Waals surface area contributed by atoms with Crippen molar-refractivity contribution in [3.05, 3.63) is 18.2 Å². The summed E-state index contributed by atoms with van der Waals surface area (Å²) in [5.74, 6) is 0.299. The molecule has 0 N–H and O–H groups in total. The average Bonchev–Trinajstić information content (AvgIpc) is 3.10. The first-order valence-corrected chi connectivity index (χ1v) is 10.8. The van der Waals surface area contributed by atoms with E-state index in [4.69, 9.17) is 0 Å². The summed E-state index contributed by atoms with van der Waals surface area (Å²) in [6.07, 6.45) is 13.5. The Kier molecular flexibility index (Phi) is 5.55. The van der Waals surface area contributed by atoms with Gasteiger partial charge in [-0.05, 0) is 32.7 Å². The highest BCUT2D eigenvalue weighted by molar-refractivity contribution is 5.76. The van der Waals surface area contributed by atoms with Crippen molar-refractivity contribution < 1.29 is 4.79 Å². The van der Waals surface area contributed by atoms with Crippen LogP contribution in [0.5, 0.6) is 0 Å². The van der Waals surface area contributed by atoms with Crippen LogP contribution < -0.4 is 0 Å². The molecule has 2 aliphatic heterocycles. The number of piperazine rings is 1. The molecule has 150 valence electrons. The maximum Gasteiger partial charge on any atom is 0.222 e. The molecule has 1 saturated carbocycles. The van der Waals surface area contributed by atoms with E-state index in [9.17, 15) is 4.79 Å². The van der Waals surface area contributed by atoms with Crippen molar-refractivity contribution in [2.75, 3.05) is 40.3 Å². The predicted octanol–water partition coefficient (Wildman–Crippen LogP) is 2.52. The molecule has 0 aromatic carbocycles. The molecule has 6 heteroatoms. The highest BCUT2D eigenvalue weighted by Gasteiger charge is 2.41. The van der Waals surface area contributed by atoms with Gasteiger partial charge in [-0.3, -0.25) is 14.6 Å². The lowest BCUT2D eigenvalue weighted by atomic mass is 9.86. The number of likely N-dealkylation sites (N-methyl/N-ethyl adjacent to an activating group) is 1. The van der Waals surface area contributed by atoms with Gasteiger partial charge in [-0.1, -0.05) is 19.3 Å². The second kappa shape index (κ2) is 7.92. The van der Waals surface area contributed by atoms with Gasteiger partial charge in [-0.25, -0.2) is 4.98 Å². The predicted molar refractivity (Wildman–Crippen MR) is 106 cm³/mol. The third-order valence-electron chi connectivity index (χ3n) is 7.32. The zero-order valence-corrected chi connectivity index (χ0v) is 17.1. The van der Waals surface area contributed by atoms with E-state index in [-0.39, 0.29) is 5.54 Å². The topological polar surface area (TPSA) is 44.6 Å². The zero-order valence-electron chi connectivity index (χ0n) is 17.1. The van der Waals surface area contributed by atoms with Crippen LogP contribution in [0, 0.1) is 0 Å². The molecule has 1 atom stereocenters. The van der Waals surface area contributed by atoms with E-state index in [2.05, 4.69) is 38.9 Å². The van der Waals surface area contributed by atoms with Crippen LogP contribution in [0.1, 0.15) is 63.1 Å². The Balaban J connectivity index is 1.46. The zero-order chi connectivity index (χ0) is 18.9. The minimum Gasteiger partial charge on any atom is -0.346 e. The first-order chi connectivity index (χ1) is 13.1. The quantitative estimate of drug-likeness (QED) is 0.817. The van der Waals surface area contributed by atoms with Gasteiger partial charge in [0.25, 0.3) is 0 Å². The number of nitrogens with zero attached hydrogens (tertiary/aromatic N) is 5. The van der Waals surface area contributed by atoms with Crippen molar-refractivity contribution >= 4 is 5.91 Å². The standard InChI is InChI=1S/C21H35N5O/c1-23-11-10-21(9-8-20(23)27)16-25(13-12-24(21)2)15-19-14-22-17-26(19)18-6-4-3-5-7-18/h14,17-18H,3-13,15-16H2,1-2H3. The van der Waals surface area contributed by atoms with Crippen LogP contribution in [-0.4, -0.2) is 76.0 Å². The maximum absolute atomic E-state index is 12.2. The second-order valence-electron chi connectivity index (χ2n) is 9.01. The number of carbonyl (C=O) groups excluding carboxylic acids is 1. The van der Waals surface area contributed by atoms with Crippen LogP contribution in [0.25, 0.3) is 0 Å². The van der Waals surface area contributed by atoms with E-state index in [1.165, 1.54) is 37.8 Å². The van der Waals surface area contributed by atoms with E-state index >= 15 is 0 Å². The smallest absolute Gasteiger partial charge is 0.222 e. The number of imidazole rings is 1. The summed E-state index contributed by atoms with van der Waals surface area (Å²) >= 11 is 0. The molecule has 1 aliphatic carbocycles. The number of aromatic nitrogens is 2. The Labute approximate surface area is 163 Å². The number of hydrogen-bond acceptors (Lipinski definition) is 4. The van der Waals surface area contributed by atoms with Crippen molar-refractivity contribution in [3.8, 4) is 0 Å². The van der Waals surface area contributed by atoms with Crippen LogP contribution >= 0.6 is 0 Å². The van der Waals surface area contributed by atoms with Crippen LogP contribution in [-0.2, 0) is 11.3 Å². The van der Waals surface area contributed by atoms with Crippen LogP contribution in [0.4, 0.5) is 0 Å². The molecule has 3 fully saturated rings. The van der Waals surface area contributed by atoms with Crippen molar-refractivity contribution in [1.82, 2.24) is 24.3 Å². The lowest BCUT2D eigenvalue weighted by Gasteiger charge is -2.49. The Morgan fingerprint density at radius 3 is 2.74 bits per heavy atom. The van der Waals surface area contributed by atoms with Crippen LogP contribution in [0.15, 0.2) is 12.5 Å². The third kappa shape index (κ3) is 3.92. The molecule has 4 rings (SSSR count). The molecule has 1 amide bonds. The van der Waals surface area contributed by atoms with Crippen LogP contribution in [0.3, 0.4) is 0 Å². The van der Waals surface area contributed by atoms with E-state index in [0.29, 0.717) is 18.4 Å². The summed E-state index contributed by atoms with van der Waals surface area (Å²) in [5.41, 5.74) is 1.50. The summed E-state index contributed by atoms with van der Waals surface area (Å²) < 4.78 is 2.45. The lowest BCUT2D eigenvalue weighted by Crippen LogP contribution is -2.60. The first-order valence-electron chi connectivity index (χ1n) is 10.8. The highest BCUT2D eigenvalue weighted by atomic mass is 16.2. The summed E-state index contributed by atoms with van der Waals surface area (Å²) in [6.45, 7) is 5.08. The SMILES string of the molecule is CN1CCC2(CCC1=O)CN(Cc1cncn1C1CCCCC1)CCN2C. The fraction of sp³-hybridized carbons (Fsp3) is 0.810. The van der Waals surface area contributed by atoms with E-state index in [1.807, 2.05) is 11.9 Å². The van der Waals surface area contributed by atoms with Gasteiger partial charge in [-0.2, -0.15) is 0 Å². The van der Waals surface area contributed by atoms with E-state index in [0.717, 1.165) is 45.6 Å². The molecule has 27 heavy (non-hydrogen) atoms. The Hall–Kier alpha value is -1.40. The average molecular weight is 374 g/mol. The minimum absolute atomic E-state index is 0.133. The first kappa shape index (κ1) is 18.9. The molecule has 3 heterocycles. The molecule has 6 nitrogen and oxygen atoms in total. The monoisotopic (exact) mass is 373 g/mol. The molecule has 0 radical (unpaired) electrons. The second-order valence-corrected chi connectivity index (χ2v) is 9.01. The number of rotatable bonds is 3. The highest BCUT2D eigenvalue weighted by Crippen LogP contribution is 2.33. The maximum atomic E-state index is 12.2. The number of amides is 1. The summed E-state index contributed by atoms with van der Waals surface area (Å²) in [4.78, 5) is 23.7. The molecule has 1 unspecified atom stereocenters. The van der Waals surface area contributed by atoms with Gasteiger partial charge in [0.05, 0.1) is 12.0 Å². The summed E-state index contributed by atoms with van der Waals surface area (Å²) in [6, 6.07) is 0.641. The van der Waals surface area contributed by atoms with Gasteiger partial charge in [0.15, 0.2) is 0 Å². The molecule has 2 saturated heterocycles. The van der Waals surface area contributed by atoms with E-state index in [1.54, 1.807) is 0 Å². The van der Waals surface area contributed by atoms with E-state index < -0.39 is 0 Å². The molecule has 1 aromatic rings. The molecule has 3 aliphatic rings. The van der Waals surface area contributed by atoms with Gasteiger partial charge < -0.3 is 9.47 Å². The van der Waals surface area contributed by atoms with Gasteiger partial charge in [0, 0.05) is 64.0 Å². The molecule has 1 aromatic heterocycles. The van der Waals surface area contributed by atoms with Crippen molar-refractivity contribution in [3.63, 3.8) is 0 Å². The minimum atomic E-state index is 0.133. The number of carbonyl (C=O) groups is 1. The number of hydrogen-bond donors (Lipinski definition) is 0. The normalized spacial score (nSPS) is 29.4. The molecular formula is C21H35N5O. The molecular weight excluding hydrogens is 338 g/mol. The van der Waals surface area contributed by atoms with Crippen molar-refractivity contribution in [1.29, 1.82) is 0 Å². The Bertz CT molecular complexity index is 653. The summed E-state index contributed by atoms with van der Waals surface area (Å²) in [5, 5.41) is 0. The van der Waals surface area contributed by atoms with Gasteiger partial charge in [0.1, 0.15) is 0 Å². The third-order valence-corrected chi connectivity index (χ3v) is 7.32. The summed E-state index contributed by atoms with van der Waals surface area (Å²) in [7, 11) is 4.20. The molecule has 1 spiro atoms. The fourth-order valence-corrected chi connectivity index (χ4v) is 5.35. The number of likely N-dealkylation sites (tertiary alicyclic amines) is 1. The Morgan fingerprint density at radius 1 is 1.11 bits per heavy atom. The Morgan fingerprint density at radius 2 is 1.93 bits per heavy atom. The van der Waals surface area contributed by atoms with Crippen molar-refractivity contribution in [2.45, 2.75) is 69.5 Å². The van der Waals surface area contributed by atoms with Gasteiger partial charge in [-0.15, -0.1) is 0 Å².